The molecule has 1 aliphatic heterocycles. The lowest BCUT2D eigenvalue weighted by atomic mass is 9.80. The largest absolute Gasteiger partial charge is 0.334 e. The second-order valence-electron chi connectivity index (χ2n) is 5.97. The van der Waals surface area contributed by atoms with Gasteiger partial charge in [-0.25, -0.2) is 0 Å². The van der Waals surface area contributed by atoms with E-state index in [1.807, 2.05) is 0 Å². The average Bonchev–Trinajstić information content (AvgIpc) is 2.33. The molecule has 1 heterocycles. The van der Waals surface area contributed by atoms with Gasteiger partial charge in [0.05, 0.1) is 6.54 Å². The van der Waals surface area contributed by atoms with Gasteiger partial charge in [-0.2, -0.15) is 0 Å². The van der Waals surface area contributed by atoms with Crippen molar-refractivity contribution in [1.29, 1.82) is 0 Å². The number of piperidine rings is 1. The Bertz CT molecular complexity index is 334. The normalized spacial score (nSPS) is 21.6. The van der Waals surface area contributed by atoms with Gasteiger partial charge >= 0.3 is 0 Å². The van der Waals surface area contributed by atoms with Crippen molar-refractivity contribution in [2.45, 2.75) is 26.3 Å². The monoisotopic (exact) mass is 301 g/mol. The molecule has 1 fully saturated rings. The van der Waals surface area contributed by atoms with Crippen molar-refractivity contribution in [1.82, 2.24) is 9.80 Å². The molecule has 0 bridgehead atoms. The van der Waals surface area contributed by atoms with Gasteiger partial charge in [-0.05, 0) is 11.8 Å². The predicted octanol–water partition coefficient (Wildman–Crippen LogP) is 1.67. The number of hydrogen-bond donors (Lipinski definition) is 1. The molecule has 0 spiro atoms. The molecular weight excluding hydrogens is 274 g/mol. The molecular formula is C15H28ClN3O. The Morgan fingerprint density at radius 3 is 2.40 bits per heavy atom. The van der Waals surface area contributed by atoms with Crippen molar-refractivity contribution in [3.05, 3.63) is 25.3 Å². The number of nitrogens with two attached hydrogens (primary N) is 1. The van der Waals surface area contributed by atoms with Gasteiger partial charge < -0.3 is 10.6 Å². The molecule has 0 radical (unpaired) electrons. The van der Waals surface area contributed by atoms with E-state index in [0.29, 0.717) is 19.6 Å². The van der Waals surface area contributed by atoms with Crippen molar-refractivity contribution in [2.24, 2.45) is 11.1 Å². The minimum Gasteiger partial charge on any atom is -0.334 e. The van der Waals surface area contributed by atoms with Gasteiger partial charge in [0, 0.05) is 32.2 Å². The summed E-state index contributed by atoms with van der Waals surface area (Å²) in [4.78, 5) is 16.2. The maximum absolute atomic E-state index is 12.2. The maximum Gasteiger partial charge on any atom is 0.237 e. The number of nitrogens with zero attached hydrogens (tertiary/aromatic N) is 2. The van der Waals surface area contributed by atoms with Gasteiger partial charge in [-0.3, -0.25) is 9.69 Å². The van der Waals surface area contributed by atoms with Crippen LogP contribution in [0.2, 0.25) is 0 Å². The first-order valence-electron chi connectivity index (χ1n) is 6.88. The molecule has 0 aliphatic carbocycles. The molecule has 0 saturated carbocycles. The topological polar surface area (TPSA) is 49.6 Å². The summed E-state index contributed by atoms with van der Waals surface area (Å²) in [6.07, 6.45) is 4.44. The number of halogens is 1. The van der Waals surface area contributed by atoms with E-state index in [1.165, 1.54) is 0 Å². The molecule has 2 N–H and O–H groups in total. The van der Waals surface area contributed by atoms with E-state index in [0.717, 1.165) is 19.5 Å². The number of carbonyl (C=O) groups excluding carboxylic acids is 1. The zero-order valence-electron chi connectivity index (χ0n) is 12.7. The van der Waals surface area contributed by atoms with E-state index in [1.54, 1.807) is 17.1 Å². The Balaban J connectivity index is 0.00000361. The van der Waals surface area contributed by atoms with Gasteiger partial charge in [0.2, 0.25) is 5.91 Å². The molecule has 0 aromatic heterocycles. The Kier molecular flexibility index (Phi) is 8.09. The lowest BCUT2D eigenvalue weighted by Gasteiger charge is -2.42. The molecule has 5 heteroatoms. The van der Waals surface area contributed by atoms with Crippen molar-refractivity contribution < 1.29 is 4.79 Å². The third-order valence-corrected chi connectivity index (χ3v) is 3.80. The minimum atomic E-state index is 0. The number of carbonyl (C=O) groups is 1. The molecule has 1 saturated heterocycles. The first-order valence-corrected chi connectivity index (χ1v) is 6.88. The summed E-state index contributed by atoms with van der Waals surface area (Å²) in [6, 6.07) is 0.219. The van der Waals surface area contributed by atoms with E-state index in [4.69, 9.17) is 5.73 Å². The van der Waals surface area contributed by atoms with Crippen LogP contribution in [0.1, 0.15) is 20.3 Å². The van der Waals surface area contributed by atoms with Crippen LogP contribution in [-0.2, 0) is 4.79 Å². The third-order valence-electron chi connectivity index (χ3n) is 3.80. The minimum absolute atomic E-state index is 0. The van der Waals surface area contributed by atoms with Crippen molar-refractivity contribution >= 4 is 18.3 Å². The summed E-state index contributed by atoms with van der Waals surface area (Å²) in [5.74, 6) is 0.131. The highest BCUT2D eigenvalue weighted by molar-refractivity contribution is 5.85. The summed E-state index contributed by atoms with van der Waals surface area (Å²) < 4.78 is 0. The van der Waals surface area contributed by atoms with Gasteiger partial charge in [0.1, 0.15) is 0 Å². The Morgan fingerprint density at radius 1 is 1.40 bits per heavy atom. The lowest BCUT2D eigenvalue weighted by molar-refractivity contribution is -0.132. The van der Waals surface area contributed by atoms with Gasteiger partial charge in [0.15, 0.2) is 0 Å². The van der Waals surface area contributed by atoms with E-state index in [9.17, 15) is 4.79 Å². The smallest absolute Gasteiger partial charge is 0.237 e. The molecule has 0 aromatic rings. The second kappa shape index (κ2) is 8.45. The fourth-order valence-corrected chi connectivity index (χ4v) is 2.50. The average molecular weight is 302 g/mol. The fraction of sp³-hybridized carbons (Fsp3) is 0.667. The molecule has 1 rings (SSSR count). The molecule has 4 nitrogen and oxygen atoms in total. The lowest BCUT2D eigenvalue weighted by Crippen LogP contribution is -2.54. The number of likely N-dealkylation sites (tertiary alicyclic amines) is 1. The van der Waals surface area contributed by atoms with Crippen LogP contribution in [-0.4, -0.2) is 54.5 Å². The van der Waals surface area contributed by atoms with Crippen LogP contribution in [0.3, 0.4) is 0 Å². The highest BCUT2D eigenvalue weighted by Crippen LogP contribution is 2.27. The van der Waals surface area contributed by atoms with Crippen LogP contribution in [0.4, 0.5) is 0 Å². The Hall–Kier alpha value is -0.840. The van der Waals surface area contributed by atoms with E-state index < -0.39 is 0 Å². The van der Waals surface area contributed by atoms with E-state index >= 15 is 0 Å². The molecule has 20 heavy (non-hydrogen) atoms. The second-order valence-corrected chi connectivity index (χ2v) is 5.97. The Morgan fingerprint density at radius 2 is 1.95 bits per heavy atom. The fourth-order valence-electron chi connectivity index (χ4n) is 2.50. The zero-order valence-corrected chi connectivity index (χ0v) is 13.5. The van der Waals surface area contributed by atoms with Crippen LogP contribution in [0.5, 0.6) is 0 Å². The van der Waals surface area contributed by atoms with E-state index in [-0.39, 0.29) is 29.8 Å². The highest BCUT2D eigenvalue weighted by atomic mass is 35.5. The van der Waals surface area contributed by atoms with Gasteiger partial charge in [0.25, 0.3) is 0 Å². The van der Waals surface area contributed by atoms with Crippen LogP contribution < -0.4 is 5.73 Å². The third kappa shape index (κ3) is 5.27. The van der Waals surface area contributed by atoms with Gasteiger partial charge in [-0.15, -0.1) is 25.6 Å². The first kappa shape index (κ1) is 19.2. The van der Waals surface area contributed by atoms with Crippen molar-refractivity contribution in [3.8, 4) is 0 Å². The summed E-state index contributed by atoms with van der Waals surface area (Å²) in [7, 11) is 0. The standard InChI is InChI=1S/C15H27N3O.ClH/c1-5-8-18(9-6-2)14(19)11-17-10-7-13(16)15(3,4)12-17;/h5-6,13H,1-2,7-12,16H2,3-4H3;1H. The maximum atomic E-state index is 12.2. The predicted molar refractivity (Wildman–Crippen MR) is 87.0 cm³/mol. The first-order chi connectivity index (χ1) is 8.90. The van der Waals surface area contributed by atoms with Crippen molar-refractivity contribution in [3.63, 3.8) is 0 Å². The SMILES string of the molecule is C=CCN(CC=C)C(=O)CN1CCC(N)C(C)(C)C1.Cl. The summed E-state index contributed by atoms with van der Waals surface area (Å²) in [5, 5.41) is 0. The summed E-state index contributed by atoms with van der Waals surface area (Å²) in [6.45, 7) is 15.1. The van der Waals surface area contributed by atoms with Crippen LogP contribution in [0, 0.1) is 5.41 Å². The molecule has 1 atom stereocenters. The van der Waals surface area contributed by atoms with E-state index in [2.05, 4.69) is 31.9 Å². The molecule has 1 aliphatic rings. The van der Waals surface area contributed by atoms with Gasteiger partial charge in [-0.1, -0.05) is 26.0 Å². The highest BCUT2D eigenvalue weighted by Gasteiger charge is 2.34. The quantitative estimate of drug-likeness (QED) is 0.759. The molecule has 1 unspecified atom stereocenters. The molecule has 0 aromatic carbocycles. The molecule has 116 valence electrons. The van der Waals surface area contributed by atoms with Crippen LogP contribution in [0.25, 0.3) is 0 Å². The Labute approximate surface area is 129 Å². The number of amides is 1. The summed E-state index contributed by atoms with van der Waals surface area (Å²) >= 11 is 0. The molecule has 1 amide bonds. The van der Waals surface area contributed by atoms with Crippen LogP contribution in [0.15, 0.2) is 25.3 Å². The zero-order chi connectivity index (χ0) is 14.5. The van der Waals surface area contributed by atoms with Crippen LogP contribution >= 0.6 is 12.4 Å². The van der Waals surface area contributed by atoms with Crippen molar-refractivity contribution in [2.75, 3.05) is 32.7 Å². The number of hydrogen-bond acceptors (Lipinski definition) is 3. The number of rotatable bonds is 6. The summed E-state index contributed by atoms with van der Waals surface area (Å²) in [5.41, 5.74) is 6.18.